The van der Waals surface area contributed by atoms with Gasteiger partial charge in [-0.1, -0.05) is 12.8 Å². The number of aliphatic carboxylic acids is 3. The van der Waals surface area contributed by atoms with Gasteiger partial charge in [0.15, 0.2) is 0 Å². The minimum atomic E-state index is -3.06. The van der Waals surface area contributed by atoms with Gasteiger partial charge in [-0.15, -0.1) is 0 Å². The molecule has 0 aromatic carbocycles. The highest BCUT2D eigenvalue weighted by molar-refractivity contribution is 6.21. The number of fused-ring (bicyclic) bond motifs is 1. The van der Waals surface area contributed by atoms with E-state index in [0.29, 0.717) is 39.1 Å². The van der Waals surface area contributed by atoms with Crippen molar-refractivity contribution in [1.29, 1.82) is 0 Å². The highest BCUT2D eigenvalue weighted by atomic mass is 16.4. The van der Waals surface area contributed by atoms with Crippen LogP contribution in [0.25, 0.3) is 0 Å². The van der Waals surface area contributed by atoms with E-state index in [2.05, 4.69) is 10.6 Å². The molecule has 0 aromatic heterocycles. The minimum Gasteiger partial charge on any atom is -0.479 e. The average Bonchev–Trinajstić information content (AvgIpc) is 2.65. The summed E-state index contributed by atoms with van der Waals surface area (Å²) in [5.74, 6) is -5.70. The van der Waals surface area contributed by atoms with Crippen LogP contribution in [0.15, 0.2) is 0 Å². The second-order valence-corrected chi connectivity index (χ2v) is 7.55. The summed E-state index contributed by atoms with van der Waals surface area (Å²) in [7, 11) is 0. The zero-order valence-corrected chi connectivity index (χ0v) is 16.5. The van der Waals surface area contributed by atoms with Crippen molar-refractivity contribution >= 4 is 17.9 Å². The Morgan fingerprint density at radius 2 is 1.55 bits per heavy atom. The summed E-state index contributed by atoms with van der Waals surface area (Å²) in [6.07, 6.45) is 2.91. The Labute approximate surface area is 169 Å². The van der Waals surface area contributed by atoms with Gasteiger partial charge in [-0.05, 0) is 12.8 Å². The molecule has 11 nitrogen and oxygen atoms in total. The monoisotopic (exact) mass is 416 g/mol. The second-order valence-electron chi connectivity index (χ2n) is 7.55. The van der Waals surface area contributed by atoms with Gasteiger partial charge in [-0.2, -0.15) is 0 Å². The van der Waals surface area contributed by atoms with Crippen molar-refractivity contribution in [2.24, 2.45) is 0 Å². The van der Waals surface area contributed by atoms with Crippen LogP contribution in [-0.4, -0.2) is 118 Å². The van der Waals surface area contributed by atoms with E-state index in [1.54, 1.807) is 0 Å². The van der Waals surface area contributed by atoms with Crippen LogP contribution in [-0.2, 0) is 14.4 Å². The molecule has 0 aromatic rings. The number of carboxylic acid groups (broad SMARTS) is 3. The Morgan fingerprint density at radius 1 is 0.897 bits per heavy atom. The van der Waals surface area contributed by atoms with Gasteiger partial charge in [-0.3, -0.25) is 9.80 Å². The summed E-state index contributed by atoms with van der Waals surface area (Å²) in [6.45, 7) is 2.94. The van der Waals surface area contributed by atoms with Crippen LogP contribution < -0.4 is 10.6 Å². The molecule has 1 aliphatic carbocycles. The lowest BCUT2D eigenvalue weighted by molar-refractivity contribution is -0.182. The molecule has 0 spiro atoms. The molecule has 2 atom stereocenters. The lowest BCUT2D eigenvalue weighted by Gasteiger charge is -2.46. The molecule has 2 rings (SSSR count). The van der Waals surface area contributed by atoms with Gasteiger partial charge in [0.25, 0.3) is 0 Å². The molecule has 0 amide bonds. The normalized spacial score (nSPS) is 26.0. The topological polar surface area (TPSA) is 163 Å². The molecular weight excluding hydrogens is 384 g/mol. The second kappa shape index (κ2) is 10.8. The smallest absolute Gasteiger partial charge is 0.347 e. The number of hydrogen-bond acceptors (Lipinski definition) is 8. The Bertz CT molecular complexity index is 553. The Balaban J connectivity index is 2.46. The molecular formula is C18H32N4O7. The van der Waals surface area contributed by atoms with E-state index in [1.165, 1.54) is 0 Å². The van der Waals surface area contributed by atoms with Crippen molar-refractivity contribution in [3.05, 3.63) is 0 Å². The molecule has 0 radical (unpaired) electrons. The van der Waals surface area contributed by atoms with Crippen molar-refractivity contribution in [3.8, 4) is 0 Å². The molecule has 2 aliphatic rings. The molecule has 1 aliphatic heterocycles. The summed E-state index contributed by atoms with van der Waals surface area (Å²) >= 11 is 0. The van der Waals surface area contributed by atoms with Gasteiger partial charge in [0.05, 0.1) is 6.61 Å². The fourth-order valence-electron chi connectivity index (χ4n) is 4.38. The van der Waals surface area contributed by atoms with Crippen LogP contribution in [0.3, 0.4) is 0 Å². The van der Waals surface area contributed by atoms with Crippen LogP contribution >= 0.6 is 0 Å². The number of aliphatic hydroxyl groups is 1. The highest BCUT2D eigenvalue weighted by Crippen LogP contribution is 2.30. The Hall–Kier alpha value is -1.79. The minimum absolute atomic E-state index is 0.0479. The highest BCUT2D eigenvalue weighted by Gasteiger charge is 2.61. The third kappa shape index (κ3) is 5.23. The van der Waals surface area contributed by atoms with Crippen molar-refractivity contribution in [1.82, 2.24) is 20.4 Å². The largest absolute Gasteiger partial charge is 0.479 e. The molecule has 6 N–H and O–H groups in total. The number of aliphatic hydroxyl groups excluding tert-OH is 1. The van der Waals surface area contributed by atoms with Crippen LogP contribution in [0.5, 0.6) is 0 Å². The van der Waals surface area contributed by atoms with Crippen LogP contribution in [0.2, 0.25) is 0 Å². The van der Waals surface area contributed by atoms with Crippen LogP contribution in [0, 0.1) is 0 Å². The first-order valence-corrected chi connectivity index (χ1v) is 10.1. The van der Waals surface area contributed by atoms with Crippen molar-refractivity contribution < 1.29 is 34.8 Å². The lowest BCUT2D eigenvalue weighted by atomic mass is 9.84. The molecule has 2 fully saturated rings. The predicted octanol–water partition coefficient (Wildman–Crippen LogP) is -1.92. The van der Waals surface area contributed by atoms with E-state index in [-0.39, 0.29) is 25.7 Å². The Kier molecular flexibility index (Phi) is 8.78. The first-order valence-electron chi connectivity index (χ1n) is 10.1. The van der Waals surface area contributed by atoms with E-state index in [0.717, 1.165) is 24.2 Å². The quantitative estimate of drug-likeness (QED) is 0.268. The number of hydrogen-bond donors (Lipinski definition) is 6. The van der Waals surface area contributed by atoms with E-state index in [9.17, 15) is 34.8 Å². The van der Waals surface area contributed by atoms with E-state index in [4.69, 9.17) is 0 Å². The Morgan fingerprint density at radius 3 is 2.17 bits per heavy atom. The summed E-state index contributed by atoms with van der Waals surface area (Å²) in [4.78, 5) is 39.2. The molecule has 11 heteroatoms. The van der Waals surface area contributed by atoms with Crippen molar-refractivity contribution in [2.45, 2.75) is 43.3 Å². The average molecular weight is 416 g/mol. The zero-order chi connectivity index (χ0) is 21.4. The third-order valence-electron chi connectivity index (χ3n) is 5.88. The molecule has 0 bridgehead atoms. The summed E-state index contributed by atoms with van der Waals surface area (Å²) in [5, 5.41) is 45.3. The molecule has 1 saturated carbocycles. The van der Waals surface area contributed by atoms with Gasteiger partial charge >= 0.3 is 23.4 Å². The van der Waals surface area contributed by atoms with E-state index in [1.807, 2.05) is 4.90 Å². The summed E-state index contributed by atoms with van der Waals surface area (Å²) in [6, 6.07) is -0.740. The van der Waals surface area contributed by atoms with Crippen molar-refractivity contribution in [2.75, 3.05) is 52.4 Å². The number of rotatable bonds is 6. The van der Waals surface area contributed by atoms with Gasteiger partial charge in [0, 0.05) is 57.9 Å². The lowest BCUT2D eigenvalue weighted by Crippen LogP contribution is -2.71. The summed E-state index contributed by atoms with van der Waals surface area (Å²) < 4.78 is 0. The maximum atomic E-state index is 12.1. The number of carbonyl (C=O) groups is 3. The molecule has 1 heterocycles. The third-order valence-corrected chi connectivity index (χ3v) is 5.88. The van der Waals surface area contributed by atoms with Gasteiger partial charge < -0.3 is 31.1 Å². The SMILES string of the molecule is O=C(O)C(C(=O)O)(C(=O)O)N1CCN(CCO)CCNCCNC2CCCCC21. The summed E-state index contributed by atoms with van der Waals surface area (Å²) in [5.41, 5.74) is -3.06. The van der Waals surface area contributed by atoms with E-state index >= 15 is 0 Å². The van der Waals surface area contributed by atoms with Gasteiger partial charge in [-0.25, -0.2) is 14.4 Å². The molecule has 1 saturated heterocycles. The first kappa shape index (κ1) is 23.5. The first-order chi connectivity index (χ1) is 13.9. The van der Waals surface area contributed by atoms with Gasteiger partial charge in [0.2, 0.25) is 0 Å². The molecule has 29 heavy (non-hydrogen) atoms. The fourth-order valence-corrected chi connectivity index (χ4v) is 4.38. The predicted molar refractivity (Wildman–Crippen MR) is 103 cm³/mol. The van der Waals surface area contributed by atoms with Crippen LogP contribution in [0.1, 0.15) is 25.7 Å². The molecule has 2 unspecified atom stereocenters. The molecule has 166 valence electrons. The fraction of sp³-hybridized carbons (Fsp3) is 0.833. The number of β-amino-alcohol motifs (C(OH)–C–C–N with tert-alkyl or cyclic N) is 1. The maximum Gasteiger partial charge on any atom is 0.347 e. The standard InChI is InChI=1S/C18H32N4O7/c23-12-11-21-8-7-19-5-6-20-13-3-1-2-4-14(13)22(10-9-21)18(15(24)25,16(26)27)17(28)29/h13-14,19-20,23H,1-12H2,(H,24,25)(H,26,27)(H,28,29). The van der Waals surface area contributed by atoms with Crippen molar-refractivity contribution in [3.63, 3.8) is 0 Å². The van der Waals surface area contributed by atoms with Gasteiger partial charge in [0.1, 0.15) is 0 Å². The van der Waals surface area contributed by atoms with Crippen LogP contribution in [0.4, 0.5) is 0 Å². The van der Waals surface area contributed by atoms with E-state index < -0.39 is 29.5 Å². The number of nitrogens with zero attached hydrogens (tertiary/aromatic N) is 2. The number of carboxylic acids is 3. The maximum absolute atomic E-state index is 12.1. The zero-order valence-electron chi connectivity index (χ0n) is 16.5. The number of nitrogens with one attached hydrogen (secondary N) is 2.